The first-order valence-electron chi connectivity index (χ1n) is 9.12. The first-order chi connectivity index (χ1) is 13.7. The van der Waals surface area contributed by atoms with Gasteiger partial charge in [-0.3, -0.25) is 14.9 Å². The minimum Gasteiger partial charge on any atom is -0.371 e. The van der Waals surface area contributed by atoms with E-state index in [1.165, 1.54) is 25.2 Å². The van der Waals surface area contributed by atoms with Gasteiger partial charge in [-0.15, -0.1) is 0 Å². The number of hydrogen-bond donors (Lipinski definition) is 2. The Kier molecular flexibility index (Phi) is 5.85. The highest BCUT2D eigenvalue weighted by Gasteiger charge is 2.23. The molecule has 9 nitrogen and oxygen atoms in total. The van der Waals surface area contributed by atoms with E-state index in [-0.39, 0.29) is 21.8 Å². The molecule has 0 aliphatic carbocycles. The van der Waals surface area contributed by atoms with E-state index in [0.29, 0.717) is 11.3 Å². The monoisotopic (exact) mass is 418 g/mol. The Labute approximate surface area is 168 Å². The molecule has 1 fully saturated rings. The van der Waals surface area contributed by atoms with Crippen molar-refractivity contribution in [2.24, 2.45) is 0 Å². The van der Waals surface area contributed by atoms with Crippen LogP contribution in [0.15, 0.2) is 41.3 Å². The molecule has 3 rings (SSSR count). The van der Waals surface area contributed by atoms with Gasteiger partial charge < -0.3 is 10.2 Å². The number of aryl methyl sites for hydroxylation is 1. The second-order valence-electron chi connectivity index (χ2n) is 6.79. The molecule has 0 bridgehead atoms. The maximum Gasteiger partial charge on any atom is 0.270 e. The van der Waals surface area contributed by atoms with Crippen LogP contribution in [0.4, 0.5) is 17.1 Å². The number of nitrogens with zero attached hydrogens (tertiary/aromatic N) is 2. The number of carbonyl (C=O) groups is 1. The van der Waals surface area contributed by atoms with Crippen molar-refractivity contribution in [1.82, 2.24) is 4.72 Å². The normalized spacial score (nSPS) is 14.1. The molecule has 1 aliphatic rings. The topological polar surface area (TPSA) is 122 Å². The number of nitro groups is 1. The molecular formula is C19H22N4O5S. The van der Waals surface area contributed by atoms with Crippen LogP contribution in [0.1, 0.15) is 28.8 Å². The van der Waals surface area contributed by atoms with Gasteiger partial charge in [0.2, 0.25) is 10.0 Å². The summed E-state index contributed by atoms with van der Waals surface area (Å²) < 4.78 is 26.6. The quantitative estimate of drug-likeness (QED) is 0.549. The Balaban J connectivity index is 1.97. The van der Waals surface area contributed by atoms with E-state index in [4.69, 9.17) is 0 Å². The van der Waals surface area contributed by atoms with Crippen molar-refractivity contribution in [1.29, 1.82) is 0 Å². The molecule has 2 aromatic carbocycles. The van der Waals surface area contributed by atoms with Crippen LogP contribution in [-0.4, -0.2) is 39.4 Å². The molecule has 0 aromatic heterocycles. The second-order valence-corrected chi connectivity index (χ2v) is 8.65. The van der Waals surface area contributed by atoms with Gasteiger partial charge in [0.15, 0.2) is 0 Å². The molecule has 154 valence electrons. The minimum atomic E-state index is -3.69. The molecule has 2 aromatic rings. The molecule has 0 saturated carbocycles. The molecule has 2 N–H and O–H groups in total. The third-order valence-corrected chi connectivity index (χ3v) is 6.44. The maximum absolute atomic E-state index is 13.0. The van der Waals surface area contributed by atoms with Crippen LogP contribution in [0.5, 0.6) is 0 Å². The van der Waals surface area contributed by atoms with Gasteiger partial charge in [0.1, 0.15) is 0 Å². The summed E-state index contributed by atoms with van der Waals surface area (Å²) in [5, 5.41) is 13.9. The molecule has 0 spiro atoms. The van der Waals surface area contributed by atoms with Crippen LogP contribution in [0.3, 0.4) is 0 Å². The van der Waals surface area contributed by atoms with E-state index in [1.807, 2.05) is 4.90 Å². The van der Waals surface area contributed by atoms with Gasteiger partial charge in [0.05, 0.1) is 21.1 Å². The first-order valence-corrected chi connectivity index (χ1v) is 10.6. The van der Waals surface area contributed by atoms with E-state index < -0.39 is 20.9 Å². The summed E-state index contributed by atoms with van der Waals surface area (Å²) in [7, 11) is -2.38. The van der Waals surface area contributed by atoms with E-state index >= 15 is 0 Å². The summed E-state index contributed by atoms with van der Waals surface area (Å²) in [5.74, 6) is -0.535. The zero-order valence-electron chi connectivity index (χ0n) is 16.1. The highest BCUT2D eigenvalue weighted by Crippen LogP contribution is 2.29. The van der Waals surface area contributed by atoms with Gasteiger partial charge in [-0.05, 0) is 50.6 Å². The van der Waals surface area contributed by atoms with Crippen molar-refractivity contribution >= 4 is 33.0 Å². The number of amides is 1. The molecule has 1 saturated heterocycles. The number of hydrogen-bond acceptors (Lipinski definition) is 6. The summed E-state index contributed by atoms with van der Waals surface area (Å²) in [5.41, 5.74) is 1.44. The predicted molar refractivity (Wildman–Crippen MR) is 110 cm³/mol. The average Bonchev–Trinajstić information content (AvgIpc) is 3.23. The fourth-order valence-electron chi connectivity index (χ4n) is 3.33. The summed E-state index contributed by atoms with van der Waals surface area (Å²) in [4.78, 5) is 25.7. The maximum atomic E-state index is 13.0. The number of anilines is 2. The summed E-state index contributed by atoms with van der Waals surface area (Å²) in [6, 6.07) is 8.77. The second kappa shape index (κ2) is 8.18. The third-order valence-electron chi connectivity index (χ3n) is 4.89. The number of nitro benzene ring substituents is 1. The SMILES string of the molecule is CNS(=O)(=O)c1cc(NC(=O)c2cc([N+](=O)[O-])ccc2N2CCCC2)ccc1C. The zero-order chi connectivity index (χ0) is 21.2. The van der Waals surface area contributed by atoms with E-state index in [9.17, 15) is 23.3 Å². The number of carbonyl (C=O) groups excluding carboxylic acids is 1. The molecule has 0 radical (unpaired) electrons. The van der Waals surface area contributed by atoms with Crippen molar-refractivity contribution in [2.75, 3.05) is 30.4 Å². The van der Waals surface area contributed by atoms with E-state index in [2.05, 4.69) is 10.0 Å². The lowest BCUT2D eigenvalue weighted by molar-refractivity contribution is -0.384. The van der Waals surface area contributed by atoms with Crippen LogP contribution < -0.4 is 14.9 Å². The Morgan fingerprint density at radius 2 is 1.83 bits per heavy atom. The highest BCUT2D eigenvalue weighted by atomic mass is 32.2. The zero-order valence-corrected chi connectivity index (χ0v) is 17.0. The van der Waals surface area contributed by atoms with Crippen molar-refractivity contribution in [3.05, 3.63) is 57.6 Å². The van der Waals surface area contributed by atoms with Gasteiger partial charge in [0.25, 0.3) is 11.6 Å². The lowest BCUT2D eigenvalue weighted by Crippen LogP contribution is -2.23. The van der Waals surface area contributed by atoms with Crippen molar-refractivity contribution in [3.63, 3.8) is 0 Å². The largest absolute Gasteiger partial charge is 0.371 e. The Bertz CT molecular complexity index is 1060. The average molecular weight is 418 g/mol. The molecule has 0 unspecified atom stereocenters. The van der Waals surface area contributed by atoms with Crippen LogP contribution in [0.25, 0.3) is 0 Å². The number of non-ortho nitro benzene ring substituents is 1. The standard InChI is InChI=1S/C19H22N4O5S/c1-13-5-6-14(11-18(13)29(27,28)20-2)21-19(24)16-12-15(23(25)26)7-8-17(16)22-9-3-4-10-22/h5-8,11-12,20H,3-4,9-10H2,1-2H3,(H,21,24). The Hall–Kier alpha value is -2.98. The summed E-state index contributed by atoms with van der Waals surface area (Å²) in [6.45, 7) is 3.20. The summed E-state index contributed by atoms with van der Waals surface area (Å²) >= 11 is 0. The van der Waals surface area contributed by atoms with E-state index in [0.717, 1.165) is 25.9 Å². The van der Waals surface area contributed by atoms with Crippen molar-refractivity contribution < 1.29 is 18.1 Å². The molecular weight excluding hydrogens is 396 g/mol. The fourth-order valence-corrected chi connectivity index (χ4v) is 4.32. The smallest absolute Gasteiger partial charge is 0.270 e. The van der Waals surface area contributed by atoms with Crippen LogP contribution in [-0.2, 0) is 10.0 Å². The molecule has 0 atom stereocenters. The van der Waals surface area contributed by atoms with Crippen molar-refractivity contribution in [2.45, 2.75) is 24.7 Å². The lowest BCUT2D eigenvalue weighted by Gasteiger charge is -2.21. The molecule has 29 heavy (non-hydrogen) atoms. The van der Waals surface area contributed by atoms with Gasteiger partial charge in [0, 0.05) is 30.9 Å². The first kappa shape index (κ1) is 20.7. The summed E-state index contributed by atoms with van der Waals surface area (Å²) in [6.07, 6.45) is 1.97. The minimum absolute atomic E-state index is 0.0524. The fraction of sp³-hybridized carbons (Fsp3) is 0.316. The molecule has 1 heterocycles. The Morgan fingerprint density at radius 1 is 1.14 bits per heavy atom. The molecule has 1 aliphatic heterocycles. The van der Waals surface area contributed by atoms with E-state index in [1.54, 1.807) is 25.1 Å². The number of benzene rings is 2. The van der Waals surface area contributed by atoms with Gasteiger partial charge in [-0.2, -0.15) is 0 Å². The predicted octanol–water partition coefficient (Wildman–Crippen LogP) is 2.66. The lowest BCUT2D eigenvalue weighted by atomic mass is 10.1. The van der Waals surface area contributed by atoms with Crippen LogP contribution in [0, 0.1) is 17.0 Å². The van der Waals surface area contributed by atoms with Crippen LogP contribution >= 0.6 is 0 Å². The van der Waals surface area contributed by atoms with Crippen molar-refractivity contribution in [3.8, 4) is 0 Å². The molecule has 1 amide bonds. The van der Waals surface area contributed by atoms with Gasteiger partial charge in [-0.1, -0.05) is 6.07 Å². The number of sulfonamides is 1. The van der Waals surface area contributed by atoms with Crippen LogP contribution in [0.2, 0.25) is 0 Å². The molecule has 10 heteroatoms. The van der Waals surface area contributed by atoms with Gasteiger partial charge >= 0.3 is 0 Å². The Morgan fingerprint density at radius 3 is 2.45 bits per heavy atom. The number of rotatable bonds is 6. The van der Waals surface area contributed by atoms with Gasteiger partial charge in [-0.25, -0.2) is 13.1 Å². The highest BCUT2D eigenvalue weighted by molar-refractivity contribution is 7.89. The third kappa shape index (κ3) is 4.38. The number of nitrogens with one attached hydrogen (secondary N) is 2.